The van der Waals surface area contributed by atoms with Crippen LogP contribution in [-0.2, 0) is 4.79 Å². The fraction of sp³-hybridized carbons (Fsp3) is 0.0455. The van der Waals surface area contributed by atoms with Gasteiger partial charge in [-0.05, 0) is 61.5 Å². The van der Waals surface area contributed by atoms with E-state index in [-0.39, 0.29) is 10.6 Å². The van der Waals surface area contributed by atoms with Crippen LogP contribution in [0.3, 0.4) is 0 Å². The van der Waals surface area contributed by atoms with Gasteiger partial charge in [0.2, 0.25) is 0 Å². The lowest BCUT2D eigenvalue weighted by Gasteiger charge is -2.12. The van der Waals surface area contributed by atoms with Crippen molar-refractivity contribution >= 4 is 64.2 Å². The summed E-state index contributed by atoms with van der Waals surface area (Å²) >= 11 is 17.9. The zero-order valence-electron chi connectivity index (χ0n) is 15.9. The van der Waals surface area contributed by atoms with Crippen LogP contribution < -0.4 is 5.01 Å². The van der Waals surface area contributed by atoms with Crippen molar-refractivity contribution in [2.75, 3.05) is 5.01 Å². The minimum absolute atomic E-state index is 0.0739. The monoisotopic (exact) mass is 474 g/mol. The molecule has 6 nitrogen and oxygen atoms in total. The predicted molar refractivity (Wildman–Crippen MR) is 121 cm³/mol. The number of halogens is 3. The smallest absolute Gasteiger partial charge is 0.337 e. The second-order valence-corrected chi connectivity index (χ2v) is 7.88. The van der Waals surface area contributed by atoms with E-state index in [9.17, 15) is 14.7 Å². The molecule has 2 aromatic carbocycles. The molecular weight excluding hydrogens is 463 g/mol. The molecule has 0 bridgehead atoms. The number of furan rings is 1. The summed E-state index contributed by atoms with van der Waals surface area (Å²) in [5, 5.41) is 15.6. The first-order chi connectivity index (χ1) is 14.7. The summed E-state index contributed by atoms with van der Waals surface area (Å²) in [5.74, 6) is -0.599. The number of carbonyl (C=O) groups excluding carboxylic acids is 1. The van der Waals surface area contributed by atoms with Gasteiger partial charge in [0.15, 0.2) is 0 Å². The lowest BCUT2D eigenvalue weighted by atomic mass is 10.1. The van der Waals surface area contributed by atoms with Gasteiger partial charge in [0, 0.05) is 5.56 Å². The zero-order chi connectivity index (χ0) is 22.3. The van der Waals surface area contributed by atoms with Crippen molar-refractivity contribution in [1.29, 1.82) is 0 Å². The first-order valence-corrected chi connectivity index (χ1v) is 10.1. The maximum absolute atomic E-state index is 12.9. The van der Waals surface area contributed by atoms with E-state index in [2.05, 4.69) is 5.10 Å². The van der Waals surface area contributed by atoms with Gasteiger partial charge in [-0.15, -0.1) is 0 Å². The molecule has 3 aromatic rings. The quantitative estimate of drug-likeness (QED) is 0.442. The van der Waals surface area contributed by atoms with Crippen LogP contribution >= 0.6 is 34.8 Å². The third-order valence-corrected chi connectivity index (χ3v) is 5.67. The van der Waals surface area contributed by atoms with Crippen molar-refractivity contribution in [3.05, 3.63) is 80.5 Å². The molecule has 1 amide bonds. The number of nitrogens with zero attached hydrogens (tertiary/aromatic N) is 2. The van der Waals surface area contributed by atoms with E-state index in [1.54, 1.807) is 43.3 Å². The Bertz CT molecular complexity index is 1290. The van der Waals surface area contributed by atoms with Crippen molar-refractivity contribution in [2.45, 2.75) is 6.92 Å². The Balaban J connectivity index is 1.63. The number of hydrazone groups is 1. The average Bonchev–Trinajstić information content (AvgIpc) is 3.30. The van der Waals surface area contributed by atoms with Crippen molar-refractivity contribution in [2.24, 2.45) is 5.10 Å². The highest BCUT2D eigenvalue weighted by Gasteiger charge is 2.30. The van der Waals surface area contributed by atoms with Crippen LogP contribution in [0.25, 0.3) is 17.4 Å². The molecule has 0 saturated carbocycles. The summed E-state index contributed by atoms with van der Waals surface area (Å²) in [5.41, 5.74) is 1.71. The molecule has 0 radical (unpaired) electrons. The normalized spacial score (nSPS) is 15.0. The minimum atomic E-state index is -1.19. The molecule has 9 heteroatoms. The summed E-state index contributed by atoms with van der Waals surface area (Å²) in [7, 11) is 0. The van der Waals surface area contributed by atoms with Crippen LogP contribution in [0, 0.1) is 0 Å². The van der Waals surface area contributed by atoms with Gasteiger partial charge in [-0.3, -0.25) is 4.79 Å². The standard InChI is InChI=1S/C22H13Cl3N2O4/c1-11-15(10-14-4-7-20(31-14)12-2-5-18(24)19(25)8-12)21(28)27(26-11)13-3-6-17(23)16(9-13)22(29)30/h2-10H,1H3,(H,29,30)/b15-10-. The molecule has 4 rings (SSSR count). The van der Waals surface area contributed by atoms with E-state index in [1.165, 1.54) is 18.2 Å². The van der Waals surface area contributed by atoms with Crippen molar-refractivity contribution in [3.63, 3.8) is 0 Å². The van der Waals surface area contributed by atoms with Crippen LogP contribution in [0.5, 0.6) is 0 Å². The molecule has 2 heterocycles. The Labute approximate surface area is 191 Å². The van der Waals surface area contributed by atoms with Crippen molar-refractivity contribution in [3.8, 4) is 11.3 Å². The van der Waals surface area contributed by atoms with Gasteiger partial charge < -0.3 is 9.52 Å². The van der Waals surface area contributed by atoms with E-state index in [0.29, 0.717) is 38.5 Å². The van der Waals surface area contributed by atoms with Crippen molar-refractivity contribution in [1.82, 2.24) is 0 Å². The maximum atomic E-state index is 12.9. The Hall–Kier alpha value is -3.06. The van der Waals surface area contributed by atoms with Crippen LogP contribution in [0.2, 0.25) is 15.1 Å². The molecule has 31 heavy (non-hydrogen) atoms. The number of benzene rings is 2. The first-order valence-electron chi connectivity index (χ1n) is 8.94. The highest BCUT2D eigenvalue weighted by atomic mass is 35.5. The van der Waals surface area contributed by atoms with Crippen LogP contribution in [0.15, 0.2) is 63.6 Å². The number of anilines is 1. The fourth-order valence-corrected chi connectivity index (χ4v) is 3.54. The highest BCUT2D eigenvalue weighted by molar-refractivity contribution is 6.42. The molecule has 0 saturated heterocycles. The maximum Gasteiger partial charge on any atom is 0.337 e. The summed E-state index contributed by atoms with van der Waals surface area (Å²) in [6.07, 6.45) is 1.58. The zero-order valence-corrected chi connectivity index (χ0v) is 18.2. The third kappa shape index (κ3) is 4.10. The number of amides is 1. The lowest BCUT2D eigenvalue weighted by molar-refractivity contribution is -0.114. The van der Waals surface area contributed by atoms with Gasteiger partial charge in [-0.2, -0.15) is 10.1 Å². The molecule has 156 valence electrons. The Kier molecular flexibility index (Phi) is 5.62. The largest absolute Gasteiger partial charge is 0.478 e. The van der Waals surface area contributed by atoms with E-state index >= 15 is 0 Å². The fourth-order valence-electron chi connectivity index (χ4n) is 3.05. The summed E-state index contributed by atoms with van der Waals surface area (Å²) in [6.45, 7) is 1.68. The van der Waals surface area contributed by atoms with Gasteiger partial charge in [0.1, 0.15) is 11.5 Å². The van der Waals surface area contributed by atoms with Crippen LogP contribution in [0.4, 0.5) is 5.69 Å². The Morgan fingerprint density at radius 1 is 1.03 bits per heavy atom. The van der Waals surface area contributed by atoms with E-state index in [1.807, 2.05) is 0 Å². The number of hydrogen-bond donors (Lipinski definition) is 1. The number of rotatable bonds is 4. The summed E-state index contributed by atoms with van der Waals surface area (Å²) < 4.78 is 5.83. The molecule has 0 fully saturated rings. The van der Waals surface area contributed by atoms with Crippen LogP contribution in [0.1, 0.15) is 23.0 Å². The molecule has 1 aromatic heterocycles. The molecular formula is C22H13Cl3N2O4. The molecule has 0 spiro atoms. The molecule has 1 aliphatic rings. The molecule has 0 atom stereocenters. The molecule has 1 aliphatic heterocycles. The number of hydrogen-bond acceptors (Lipinski definition) is 4. The average molecular weight is 476 g/mol. The first kappa shape index (κ1) is 21.2. The van der Waals surface area contributed by atoms with Crippen LogP contribution in [-0.4, -0.2) is 22.7 Å². The number of carbonyl (C=O) groups is 2. The van der Waals surface area contributed by atoms with Gasteiger partial charge in [-0.25, -0.2) is 4.79 Å². The van der Waals surface area contributed by atoms with Crippen molar-refractivity contribution < 1.29 is 19.1 Å². The summed E-state index contributed by atoms with van der Waals surface area (Å²) in [6, 6.07) is 12.9. The number of aromatic carboxylic acids is 1. The topological polar surface area (TPSA) is 83.1 Å². The van der Waals surface area contributed by atoms with Gasteiger partial charge in [0.05, 0.1) is 37.6 Å². The second-order valence-electron chi connectivity index (χ2n) is 6.66. The molecule has 1 N–H and O–H groups in total. The highest BCUT2D eigenvalue weighted by Crippen LogP contribution is 2.32. The predicted octanol–water partition coefficient (Wildman–Crippen LogP) is 6.41. The van der Waals surface area contributed by atoms with Gasteiger partial charge in [-0.1, -0.05) is 34.8 Å². The SMILES string of the molecule is CC1=NN(c2ccc(Cl)c(C(=O)O)c2)C(=O)/C1=C\c1ccc(-c2ccc(Cl)c(Cl)c2)o1. The summed E-state index contributed by atoms with van der Waals surface area (Å²) in [4.78, 5) is 24.3. The van der Waals surface area contributed by atoms with E-state index in [0.717, 1.165) is 10.6 Å². The third-order valence-electron chi connectivity index (χ3n) is 4.60. The molecule has 0 aliphatic carbocycles. The van der Waals surface area contributed by atoms with Gasteiger partial charge in [0.25, 0.3) is 5.91 Å². The Morgan fingerprint density at radius 2 is 1.77 bits per heavy atom. The van der Waals surface area contributed by atoms with Gasteiger partial charge >= 0.3 is 5.97 Å². The van der Waals surface area contributed by atoms with E-state index < -0.39 is 11.9 Å². The number of carboxylic acids is 1. The number of carboxylic acid groups (broad SMARTS) is 1. The Morgan fingerprint density at radius 3 is 2.48 bits per heavy atom. The minimum Gasteiger partial charge on any atom is -0.478 e. The molecule has 0 unspecified atom stereocenters. The second kappa shape index (κ2) is 8.23. The lowest BCUT2D eigenvalue weighted by Crippen LogP contribution is -2.21. The van der Waals surface area contributed by atoms with E-state index in [4.69, 9.17) is 39.2 Å².